The van der Waals surface area contributed by atoms with Gasteiger partial charge in [-0.2, -0.15) is 0 Å². The van der Waals surface area contributed by atoms with E-state index in [-0.39, 0.29) is 0 Å². The van der Waals surface area contributed by atoms with E-state index in [2.05, 4.69) is 102 Å². The molecule has 3 nitrogen and oxygen atoms in total. The molecule has 0 fully saturated rings. The second kappa shape index (κ2) is 10.4. The molecule has 4 aromatic carbocycles. The van der Waals surface area contributed by atoms with Gasteiger partial charge in [0.05, 0.1) is 12.0 Å². The van der Waals surface area contributed by atoms with E-state index in [9.17, 15) is 5.11 Å². The SMILES string of the molecule is Oc1ccc(CCCCc2cn(C(c3ccccc3)(c3ccccc3)c3ccccc3)cn2)cc1. The van der Waals surface area contributed by atoms with Crippen LogP contribution in [0.3, 0.4) is 0 Å². The summed E-state index contributed by atoms with van der Waals surface area (Å²) in [5, 5.41) is 9.48. The number of nitrogens with zero attached hydrogens (tertiary/aromatic N) is 2. The van der Waals surface area contributed by atoms with Crippen molar-refractivity contribution in [2.24, 2.45) is 0 Å². The summed E-state index contributed by atoms with van der Waals surface area (Å²) in [5.41, 5.74) is 5.45. The van der Waals surface area contributed by atoms with Crippen molar-refractivity contribution in [1.29, 1.82) is 0 Å². The Kier molecular flexibility index (Phi) is 6.76. The Morgan fingerprint density at radius 2 is 1.09 bits per heavy atom. The number of phenolic OH excluding ortho intramolecular Hbond substituents is 1. The van der Waals surface area contributed by atoms with Crippen molar-refractivity contribution >= 4 is 0 Å². The van der Waals surface area contributed by atoms with Crippen LogP contribution in [0.1, 0.15) is 40.8 Å². The second-order valence-corrected chi connectivity index (χ2v) is 8.95. The molecule has 5 rings (SSSR count). The molecule has 1 aromatic heterocycles. The summed E-state index contributed by atoms with van der Waals surface area (Å²) in [5.74, 6) is 0.318. The molecule has 0 saturated heterocycles. The molecule has 3 heteroatoms. The predicted octanol–water partition coefficient (Wildman–Crippen LogP) is 6.99. The fourth-order valence-corrected chi connectivity index (χ4v) is 4.96. The molecule has 5 aromatic rings. The highest BCUT2D eigenvalue weighted by Crippen LogP contribution is 2.40. The van der Waals surface area contributed by atoms with Crippen molar-refractivity contribution in [2.75, 3.05) is 0 Å². The van der Waals surface area contributed by atoms with Crippen LogP contribution in [0.4, 0.5) is 0 Å². The van der Waals surface area contributed by atoms with Gasteiger partial charge in [0.1, 0.15) is 11.3 Å². The summed E-state index contributed by atoms with van der Waals surface area (Å²) >= 11 is 0. The molecular formula is C32H30N2O. The molecule has 0 amide bonds. The zero-order valence-corrected chi connectivity index (χ0v) is 19.8. The molecule has 1 N–H and O–H groups in total. The van der Waals surface area contributed by atoms with E-state index in [0.717, 1.165) is 31.4 Å². The van der Waals surface area contributed by atoms with E-state index in [4.69, 9.17) is 4.98 Å². The first-order chi connectivity index (χ1) is 17.3. The fourth-order valence-electron chi connectivity index (χ4n) is 4.96. The molecule has 0 atom stereocenters. The second-order valence-electron chi connectivity index (χ2n) is 8.95. The first-order valence-electron chi connectivity index (χ1n) is 12.2. The number of hydrogen-bond donors (Lipinski definition) is 1. The molecular weight excluding hydrogens is 428 g/mol. The summed E-state index contributed by atoms with van der Waals surface area (Å²) in [6.07, 6.45) is 8.28. The topological polar surface area (TPSA) is 38.0 Å². The number of hydrogen-bond acceptors (Lipinski definition) is 2. The third kappa shape index (κ3) is 4.76. The van der Waals surface area contributed by atoms with Gasteiger partial charge in [0.2, 0.25) is 0 Å². The molecule has 0 unspecified atom stereocenters. The van der Waals surface area contributed by atoms with Crippen LogP contribution in [0.25, 0.3) is 0 Å². The van der Waals surface area contributed by atoms with Crippen LogP contribution in [-0.2, 0) is 18.4 Å². The standard InChI is InChI=1S/C32H30N2O/c35-31-22-20-26(21-23-31)12-10-11-19-30-24-34(25-33-30)32(27-13-4-1-5-14-27,28-15-6-2-7-16-28)29-17-8-3-9-18-29/h1-9,13-18,20-25,35H,10-12,19H2. The largest absolute Gasteiger partial charge is 0.508 e. The van der Waals surface area contributed by atoms with E-state index in [1.807, 2.05) is 18.5 Å². The highest BCUT2D eigenvalue weighted by atomic mass is 16.3. The van der Waals surface area contributed by atoms with Crippen molar-refractivity contribution in [3.05, 3.63) is 156 Å². The van der Waals surface area contributed by atoms with Crippen LogP contribution in [0, 0.1) is 0 Å². The fraction of sp³-hybridized carbons (Fsp3) is 0.156. The summed E-state index contributed by atoms with van der Waals surface area (Å²) < 4.78 is 2.28. The minimum atomic E-state index is -0.513. The minimum Gasteiger partial charge on any atom is -0.508 e. The Labute approximate surface area is 207 Å². The van der Waals surface area contributed by atoms with Gasteiger partial charge in [0.25, 0.3) is 0 Å². The van der Waals surface area contributed by atoms with Gasteiger partial charge in [0.15, 0.2) is 0 Å². The zero-order valence-electron chi connectivity index (χ0n) is 19.8. The average molecular weight is 459 g/mol. The Hall–Kier alpha value is -4.11. The maximum Gasteiger partial charge on any atom is 0.121 e. The number of aromatic hydroxyl groups is 1. The molecule has 174 valence electrons. The zero-order chi connectivity index (χ0) is 23.9. The molecule has 1 heterocycles. The number of aryl methyl sites for hydroxylation is 2. The van der Waals surface area contributed by atoms with Gasteiger partial charge in [-0.05, 0) is 60.1 Å². The van der Waals surface area contributed by atoms with Crippen LogP contribution >= 0.6 is 0 Å². The third-order valence-corrected chi connectivity index (χ3v) is 6.68. The van der Waals surface area contributed by atoms with Crippen LogP contribution < -0.4 is 0 Å². The Morgan fingerprint density at radius 3 is 1.60 bits per heavy atom. The lowest BCUT2D eigenvalue weighted by atomic mass is 9.77. The smallest absolute Gasteiger partial charge is 0.121 e. The highest BCUT2D eigenvalue weighted by molar-refractivity contribution is 5.50. The molecule has 0 bridgehead atoms. The van der Waals surface area contributed by atoms with Crippen molar-refractivity contribution in [2.45, 2.75) is 31.2 Å². The maximum absolute atomic E-state index is 9.48. The summed E-state index contributed by atoms with van der Waals surface area (Å²) in [7, 11) is 0. The predicted molar refractivity (Wildman–Crippen MR) is 142 cm³/mol. The van der Waals surface area contributed by atoms with Crippen molar-refractivity contribution < 1.29 is 5.11 Å². The van der Waals surface area contributed by atoms with Gasteiger partial charge in [-0.25, -0.2) is 4.98 Å². The summed E-state index contributed by atoms with van der Waals surface area (Å²) in [4.78, 5) is 4.84. The Morgan fingerprint density at radius 1 is 0.600 bits per heavy atom. The third-order valence-electron chi connectivity index (χ3n) is 6.68. The number of aromatic nitrogens is 2. The highest BCUT2D eigenvalue weighted by Gasteiger charge is 2.38. The van der Waals surface area contributed by atoms with Gasteiger partial charge in [-0.3, -0.25) is 0 Å². The van der Waals surface area contributed by atoms with Gasteiger partial charge in [-0.1, -0.05) is 103 Å². The lowest BCUT2D eigenvalue weighted by molar-refractivity contribution is 0.475. The van der Waals surface area contributed by atoms with E-state index < -0.39 is 5.54 Å². The molecule has 0 aliphatic heterocycles. The van der Waals surface area contributed by atoms with Gasteiger partial charge >= 0.3 is 0 Å². The van der Waals surface area contributed by atoms with E-state index >= 15 is 0 Å². The molecule has 0 aliphatic carbocycles. The first kappa shape index (κ1) is 22.7. The Bertz CT molecular complexity index is 1230. The first-order valence-corrected chi connectivity index (χ1v) is 12.2. The number of phenols is 1. The normalized spacial score (nSPS) is 11.4. The van der Waals surface area contributed by atoms with Crippen LogP contribution in [-0.4, -0.2) is 14.7 Å². The quantitative estimate of drug-likeness (QED) is 0.191. The van der Waals surface area contributed by atoms with Crippen LogP contribution in [0.15, 0.2) is 128 Å². The number of unbranched alkanes of at least 4 members (excludes halogenated alkanes) is 1. The monoisotopic (exact) mass is 458 g/mol. The average Bonchev–Trinajstić information content (AvgIpc) is 3.39. The number of benzene rings is 4. The minimum absolute atomic E-state index is 0.318. The van der Waals surface area contributed by atoms with Gasteiger partial charge in [0, 0.05) is 6.20 Å². The molecule has 0 aliphatic rings. The molecule has 0 spiro atoms. The van der Waals surface area contributed by atoms with Crippen molar-refractivity contribution in [3.8, 4) is 5.75 Å². The van der Waals surface area contributed by atoms with Gasteiger partial charge in [-0.15, -0.1) is 0 Å². The van der Waals surface area contributed by atoms with Crippen LogP contribution in [0.5, 0.6) is 5.75 Å². The van der Waals surface area contributed by atoms with Crippen LogP contribution in [0.2, 0.25) is 0 Å². The maximum atomic E-state index is 9.48. The number of imidazole rings is 1. The lowest BCUT2D eigenvalue weighted by Crippen LogP contribution is -2.36. The van der Waals surface area contributed by atoms with E-state index in [1.165, 1.54) is 22.3 Å². The van der Waals surface area contributed by atoms with E-state index in [0.29, 0.717) is 5.75 Å². The summed E-state index contributed by atoms with van der Waals surface area (Å²) in [6, 6.07) is 39.6. The number of rotatable bonds is 9. The summed E-state index contributed by atoms with van der Waals surface area (Å²) in [6.45, 7) is 0. The van der Waals surface area contributed by atoms with Crippen molar-refractivity contribution in [1.82, 2.24) is 9.55 Å². The lowest BCUT2D eigenvalue weighted by Gasteiger charge is -2.37. The molecule has 0 radical (unpaired) electrons. The van der Waals surface area contributed by atoms with E-state index in [1.54, 1.807) is 12.1 Å². The Balaban J connectivity index is 1.47. The van der Waals surface area contributed by atoms with Gasteiger partial charge < -0.3 is 9.67 Å². The molecule has 0 saturated carbocycles. The molecule has 35 heavy (non-hydrogen) atoms. The van der Waals surface area contributed by atoms with Crippen molar-refractivity contribution in [3.63, 3.8) is 0 Å².